The maximum atomic E-state index is 12.4. The number of hydrogen-bond donors (Lipinski definition) is 1. The smallest absolute Gasteiger partial charge is 0.321 e. The molecule has 1 fully saturated rings. The highest BCUT2D eigenvalue weighted by molar-refractivity contribution is 7.92. The molecule has 2 rings (SSSR count). The average Bonchev–Trinajstić information content (AvgIpc) is 2.24. The zero-order valence-electron chi connectivity index (χ0n) is 9.37. The van der Waals surface area contributed by atoms with Crippen molar-refractivity contribution in [1.82, 2.24) is 0 Å². The Morgan fingerprint density at radius 2 is 1.83 bits per heavy atom. The van der Waals surface area contributed by atoms with Crippen LogP contribution < -0.4 is 5.73 Å². The second-order valence-corrected chi connectivity index (χ2v) is 6.43. The van der Waals surface area contributed by atoms with Gasteiger partial charge in [0.15, 0.2) is 0 Å². The summed E-state index contributed by atoms with van der Waals surface area (Å²) in [6.07, 6.45) is 2.21. The zero-order valence-corrected chi connectivity index (χ0v) is 10.2. The number of hydrogen-bond acceptors (Lipinski definition) is 3. The fourth-order valence-corrected chi connectivity index (χ4v) is 2.76. The van der Waals surface area contributed by atoms with Gasteiger partial charge in [-0.15, -0.1) is 0 Å². The lowest BCUT2D eigenvalue weighted by Gasteiger charge is -2.38. The summed E-state index contributed by atoms with van der Waals surface area (Å²) in [6.45, 7) is 0. The van der Waals surface area contributed by atoms with Gasteiger partial charge in [-0.25, -0.2) is 8.42 Å². The largest absolute Gasteiger partial charge is 0.501 e. The summed E-state index contributed by atoms with van der Waals surface area (Å²) in [5, 5.41) is 0. The first kappa shape index (κ1) is 13.4. The van der Waals surface area contributed by atoms with E-state index in [-0.39, 0.29) is 0 Å². The van der Waals surface area contributed by atoms with Gasteiger partial charge in [0.2, 0.25) is 0 Å². The molecule has 0 amide bonds. The van der Waals surface area contributed by atoms with Crippen LogP contribution in [0.25, 0.3) is 0 Å². The van der Waals surface area contributed by atoms with Crippen LogP contribution in [0.4, 0.5) is 13.2 Å². The molecule has 0 spiro atoms. The van der Waals surface area contributed by atoms with Crippen molar-refractivity contribution in [3.05, 3.63) is 29.8 Å². The average molecular weight is 279 g/mol. The SMILES string of the molecule is NC1(c2cccc(S(=O)(=O)C(F)(F)F)c2)CCC1. The standard InChI is InChI=1S/C11H12F3NO2S/c12-11(13,14)18(16,17)9-4-1-3-8(7-9)10(15)5-2-6-10/h1,3-4,7H,2,5-6,15H2. The van der Waals surface area contributed by atoms with E-state index in [1.807, 2.05) is 0 Å². The monoisotopic (exact) mass is 279 g/mol. The third kappa shape index (κ3) is 2.01. The van der Waals surface area contributed by atoms with E-state index in [0.717, 1.165) is 18.6 Å². The van der Waals surface area contributed by atoms with Crippen LogP contribution in [0, 0.1) is 0 Å². The van der Waals surface area contributed by atoms with E-state index in [1.165, 1.54) is 6.07 Å². The summed E-state index contributed by atoms with van der Waals surface area (Å²) in [5.41, 5.74) is 0.445. The molecule has 7 heteroatoms. The van der Waals surface area contributed by atoms with Crippen molar-refractivity contribution in [2.45, 2.75) is 35.2 Å². The first-order valence-electron chi connectivity index (χ1n) is 5.38. The molecule has 100 valence electrons. The van der Waals surface area contributed by atoms with Gasteiger partial charge in [-0.1, -0.05) is 12.1 Å². The molecule has 0 bridgehead atoms. The van der Waals surface area contributed by atoms with E-state index in [0.29, 0.717) is 18.4 Å². The molecule has 1 aromatic carbocycles. The molecule has 0 unspecified atom stereocenters. The Balaban J connectivity index is 2.46. The van der Waals surface area contributed by atoms with Crippen LogP contribution in [0.15, 0.2) is 29.2 Å². The molecule has 0 radical (unpaired) electrons. The summed E-state index contributed by atoms with van der Waals surface area (Å²) in [4.78, 5) is -0.746. The molecule has 0 aromatic heterocycles. The number of benzene rings is 1. The lowest BCUT2D eigenvalue weighted by molar-refractivity contribution is -0.0436. The number of halogens is 3. The molecule has 0 saturated heterocycles. The minimum absolute atomic E-state index is 0.444. The highest BCUT2D eigenvalue weighted by Crippen LogP contribution is 2.40. The Hall–Kier alpha value is -1.08. The maximum absolute atomic E-state index is 12.4. The zero-order chi connectivity index (χ0) is 13.6. The molecule has 0 aliphatic heterocycles. The molecule has 2 N–H and O–H groups in total. The Morgan fingerprint density at radius 1 is 1.22 bits per heavy atom. The Labute approximate surface area is 103 Å². The van der Waals surface area contributed by atoms with Gasteiger partial charge in [0, 0.05) is 5.54 Å². The molecule has 1 aliphatic rings. The number of alkyl halides is 3. The molecular weight excluding hydrogens is 267 g/mol. The van der Waals surface area contributed by atoms with E-state index in [2.05, 4.69) is 0 Å². The summed E-state index contributed by atoms with van der Waals surface area (Å²) >= 11 is 0. The van der Waals surface area contributed by atoms with Gasteiger partial charge in [0.25, 0.3) is 9.84 Å². The minimum atomic E-state index is -5.30. The second-order valence-electron chi connectivity index (χ2n) is 4.49. The van der Waals surface area contributed by atoms with E-state index in [4.69, 9.17) is 5.73 Å². The second kappa shape index (κ2) is 3.96. The van der Waals surface area contributed by atoms with Gasteiger partial charge in [-0.2, -0.15) is 13.2 Å². The predicted molar refractivity (Wildman–Crippen MR) is 59.4 cm³/mol. The first-order chi connectivity index (χ1) is 8.17. The first-order valence-corrected chi connectivity index (χ1v) is 6.86. The van der Waals surface area contributed by atoms with Gasteiger partial charge in [-0.05, 0) is 37.0 Å². The molecule has 3 nitrogen and oxygen atoms in total. The highest BCUT2D eigenvalue weighted by atomic mass is 32.2. The van der Waals surface area contributed by atoms with E-state index in [9.17, 15) is 21.6 Å². The quantitative estimate of drug-likeness (QED) is 0.903. The van der Waals surface area contributed by atoms with Gasteiger partial charge < -0.3 is 5.73 Å². The van der Waals surface area contributed by atoms with Crippen LogP contribution in [0.5, 0.6) is 0 Å². The fraction of sp³-hybridized carbons (Fsp3) is 0.455. The van der Waals surface area contributed by atoms with Crippen molar-refractivity contribution in [1.29, 1.82) is 0 Å². The highest BCUT2D eigenvalue weighted by Gasteiger charge is 2.47. The summed E-state index contributed by atoms with van der Waals surface area (Å²) in [6, 6.07) is 4.83. The van der Waals surface area contributed by atoms with Crippen LogP contribution in [0.3, 0.4) is 0 Å². The molecule has 0 heterocycles. The summed E-state index contributed by atoms with van der Waals surface area (Å²) in [7, 11) is -5.30. The van der Waals surface area contributed by atoms with Crippen LogP contribution in [0.1, 0.15) is 24.8 Å². The van der Waals surface area contributed by atoms with E-state index >= 15 is 0 Å². The van der Waals surface area contributed by atoms with Crippen molar-refractivity contribution in [3.63, 3.8) is 0 Å². The van der Waals surface area contributed by atoms with Gasteiger partial charge >= 0.3 is 5.51 Å². The fourth-order valence-electron chi connectivity index (χ4n) is 1.95. The Morgan fingerprint density at radius 3 is 2.28 bits per heavy atom. The Kier molecular flexibility index (Phi) is 2.94. The summed E-state index contributed by atoms with van der Waals surface area (Å²) in [5.74, 6) is 0. The number of nitrogens with two attached hydrogens (primary N) is 1. The van der Waals surface area contributed by atoms with E-state index in [1.54, 1.807) is 6.07 Å². The van der Waals surface area contributed by atoms with Crippen LogP contribution in [-0.4, -0.2) is 13.9 Å². The molecule has 1 saturated carbocycles. The van der Waals surface area contributed by atoms with Crippen molar-refractivity contribution in [3.8, 4) is 0 Å². The maximum Gasteiger partial charge on any atom is 0.501 e. The van der Waals surface area contributed by atoms with Crippen LogP contribution >= 0.6 is 0 Å². The number of rotatable bonds is 2. The molecular formula is C11H12F3NO2S. The third-order valence-corrected chi connectivity index (χ3v) is 4.75. The van der Waals surface area contributed by atoms with Crippen molar-refractivity contribution < 1.29 is 21.6 Å². The van der Waals surface area contributed by atoms with Crippen LogP contribution in [0.2, 0.25) is 0 Å². The van der Waals surface area contributed by atoms with Gasteiger partial charge in [-0.3, -0.25) is 0 Å². The molecule has 1 aliphatic carbocycles. The summed E-state index contributed by atoms with van der Waals surface area (Å²) < 4.78 is 59.8. The van der Waals surface area contributed by atoms with Crippen molar-refractivity contribution in [2.75, 3.05) is 0 Å². The molecule has 0 atom stereocenters. The van der Waals surface area contributed by atoms with Gasteiger partial charge in [0.05, 0.1) is 4.90 Å². The van der Waals surface area contributed by atoms with Crippen molar-refractivity contribution >= 4 is 9.84 Å². The minimum Gasteiger partial charge on any atom is -0.321 e. The van der Waals surface area contributed by atoms with Crippen LogP contribution in [-0.2, 0) is 15.4 Å². The lowest BCUT2D eigenvalue weighted by Crippen LogP contribution is -2.43. The topological polar surface area (TPSA) is 60.2 Å². The predicted octanol–water partition coefficient (Wildman–Crippen LogP) is 2.32. The molecule has 1 aromatic rings. The normalized spacial score (nSPS) is 19.3. The Bertz CT molecular complexity index is 562. The molecule has 18 heavy (non-hydrogen) atoms. The lowest BCUT2D eigenvalue weighted by atomic mass is 9.73. The third-order valence-electron chi connectivity index (χ3n) is 3.27. The van der Waals surface area contributed by atoms with E-state index < -0.39 is 25.8 Å². The number of sulfone groups is 1. The van der Waals surface area contributed by atoms with Gasteiger partial charge in [0.1, 0.15) is 0 Å². The van der Waals surface area contributed by atoms with Crippen molar-refractivity contribution in [2.24, 2.45) is 5.73 Å².